The lowest BCUT2D eigenvalue weighted by Gasteiger charge is -2.12. The summed E-state index contributed by atoms with van der Waals surface area (Å²) in [5.74, 6) is 0.830. The molecule has 0 aromatic heterocycles. The van der Waals surface area contributed by atoms with Crippen molar-refractivity contribution in [3.63, 3.8) is 0 Å². The smallest absolute Gasteiger partial charge is 0.221 e. The number of aliphatic imine (C=N–C) groups is 1. The molecule has 5 nitrogen and oxygen atoms in total. The van der Waals surface area contributed by atoms with Crippen LogP contribution in [0.3, 0.4) is 0 Å². The standard InChI is InChI=1S/C19H32N4O/c1-5-9-21-18(24)8-11-23-19(20-6-2)22-10-7-17-13-15(3)12-16(4)14-17/h12-14H,5-11H2,1-4H3,(H,21,24)(H2,20,22,23). The third kappa shape index (κ3) is 8.56. The molecule has 5 heteroatoms. The maximum absolute atomic E-state index is 11.6. The quantitative estimate of drug-likeness (QED) is 0.480. The van der Waals surface area contributed by atoms with Crippen LogP contribution in [-0.4, -0.2) is 38.0 Å². The summed E-state index contributed by atoms with van der Waals surface area (Å²) in [4.78, 5) is 16.0. The van der Waals surface area contributed by atoms with Crippen molar-refractivity contribution in [2.24, 2.45) is 4.99 Å². The molecule has 0 spiro atoms. The number of amides is 1. The van der Waals surface area contributed by atoms with Gasteiger partial charge in [0.05, 0.1) is 6.54 Å². The lowest BCUT2D eigenvalue weighted by molar-refractivity contribution is -0.120. The Morgan fingerprint density at radius 3 is 2.33 bits per heavy atom. The molecule has 0 saturated heterocycles. The van der Waals surface area contributed by atoms with Gasteiger partial charge in [0.2, 0.25) is 5.91 Å². The fourth-order valence-corrected chi connectivity index (χ4v) is 2.50. The van der Waals surface area contributed by atoms with Crippen LogP contribution >= 0.6 is 0 Å². The molecule has 1 amide bonds. The molecule has 1 aromatic carbocycles. The van der Waals surface area contributed by atoms with Crippen molar-refractivity contribution in [2.45, 2.75) is 47.0 Å². The number of benzene rings is 1. The zero-order valence-corrected chi connectivity index (χ0v) is 15.5. The van der Waals surface area contributed by atoms with Gasteiger partial charge < -0.3 is 16.0 Å². The van der Waals surface area contributed by atoms with E-state index in [1.54, 1.807) is 0 Å². The number of rotatable bonds is 9. The summed E-state index contributed by atoms with van der Waals surface area (Å²) in [6.07, 6.45) is 2.33. The summed E-state index contributed by atoms with van der Waals surface area (Å²) in [5, 5.41) is 9.41. The van der Waals surface area contributed by atoms with Crippen LogP contribution in [0.2, 0.25) is 0 Å². The fourth-order valence-electron chi connectivity index (χ4n) is 2.50. The van der Waals surface area contributed by atoms with E-state index < -0.39 is 0 Å². The van der Waals surface area contributed by atoms with Gasteiger partial charge in [-0.15, -0.1) is 0 Å². The number of guanidine groups is 1. The van der Waals surface area contributed by atoms with Crippen LogP contribution in [0.1, 0.15) is 43.4 Å². The molecule has 0 saturated carbocycles. The molecule has 0 atom stereocenters. The van der Waals surface area contributed by atoms with E-state index in [0.29, 0.717) is 13.0 Å². The molecule has 0 aliphatic heterocycles. The molecule has 24 heavy (non-hydrogen) atoms. The predicted octanol–water partition coefficient (Wildman–Crippen LogP) is 2.32. The highest BCUT2D eigenvalue weighted by atomic mass is 16.1. The first-order valence-electron chi connectivity index (χ1n) is 8.91. The van der Waals surface area contributed by atoms with Crippen molar-refractivity contribution in [1.29, 1.82) is 0 Å². The van der Waals surface area contributed by atoms with Gasteiger partial charge in [-0.25, -0.2) is 0 Å². The van der Waals surface area contributed by atoms with E-state index in [-0.39, 0.29) is 5.91 Å². The summed E-state index contributed by atoms with van der Waals surface area (Å²) in [5.41, 5.74) is 3.92. The van der Waals surface area contributed by atoms with Gasteiger partial charge >= 0.3 is 0 Å². The van der Waals surface area contributed by atoms with Gasteiger partial charge in [-0.2, -0.15) is 0 Å². The van der Waals surface area contributed by atoms with Gasteiger partial charge in [-0.05, 0) is 39.2 Å². The number of hydrogen-bond acceptors (Lipinski definition) is 2. The predicted molar refractivity (Wildman–Crippen MR) is 102 cm³/mol. The van der Waals surface area contributed by atoms with E-state index in [2.05, 4.69) is 53.0 Å². The zero-order valence-electron chi connectivity index (χ0n) is 15.5. The Bertz CT molecular complexity index is 520. The van der Waals surface area contributed by atoms with E-state index in [9.17, 15) is 4.79 Å². The lowest BCUT2D eigenvalue weighted by atomic mass is 10.1. The van der Waals surface area contributed by atoms with Gasteiger partial charge in [-0.3, -0.25) is 9.79 Å². The number of nitrogens with one attached hydrogen (secondary N) is 3. The molecule has 3 N–H and O–H groups in total. The molecule has 1 rings (SSSR count). The summed E-state index contributed by atoms with van der Waals surface area (Å²) in [6.45, 7) is 11.2. The Balaban J connectivity index is 2.41. The molecule has 134 valence electrons. The number of nitrogens with zero attached hydrogens (tertiary/aromatic N) is 1. The molecular formula is C19H32N4O. The SMILES string of the molecule is CCCNC(=O)CCN=C(NCC)NCCc1cc(C)cc(C)c1. The molecular weight excluding hydrogens is 300 g/mol. The summed E-state index contributed by atoms with van der Waals surface area (Å²) < 4.78 is 0. The highest BCUT2D eigenvalue weighted by Crippen LogP contribution is 2.08. The first-order valence-corrected chi connectivity index (χ1v) is 8.91. The Hall–Kier alpha value is -2.04. The fraction of sp³-hybridized carbons (Fsp3) is 0.579. The minimum Gasteiger partial charge on any atom is -0.357 e. The maximum Gasteiger partial charge on any atom is 0.221 e. The largest absolute Gasteiger partial charge is 0.357 e. The second-order valence-electron chi connectivity index (χ2n) is 6.03. The summed E-state index contributed by atoms with van der Waals surface area (Å²) in [6, 6.07) is 6.62. The van der Waals surface area contributed by atoms with Gasteiger partial charge in [-0.1, -0.05) is 36.2 Å². The number of carbonyl (C=O) groups is 1. The third-order valence-electron chi connectivity index (χ3n) is 3.51. The average Bonchev–Trinajstić information content (AvgIpc) is 2.52. The van der Waals surface area contributed by atoms with Crippen LogP contribution < -0.4 is 16.0 Å². The minimum absolute atomic E-state index is 0.0617. The molecule has 1 aromatic rings. The Morgan fingerprint density at radius 2 is 1.71 bits per heavy atom. The minimum atomic E-state index is 0.0617. The first kappa shape index (κ1) is 20.0. The van der Waals surface area contributed by atoms with E-state index >= 15 is 0 Å². The van der Waals surface area contributed by atoms with Gasteiger partial charge in [0.15, 0.2) is 5.96 Å². The Labute approximate surface area is 146 Å². The lowest BCUT2D eigenvalue weighted by Crippen LogP contribution is -2.38. The van der Waals surface area contributed by atoms with Gasteiger partial charge in [0.25, 0.3) is 0 Å². The molecule has 0 heterocycles. The van der Waals surface area contributed by atoms with Crippen LogP contribution in [0.5, 0.6) is 0 Å². The van der Waals surface area contributed by atoms with E-state index in [1.807, 2.05) is 13.8 Å². The molecule has 0 unspecified atom stereocenters. The second kappa shape index (κ2) is 11.5. The van der Waals surface area contributed by atoms with Crippen molar-refractivity contribution in [2.75, 3.05) is 26.2 Å². The zero-order chi connectivity index (χ0) is 17.8. The molecule has 0 aliphatic rings. The van der Waals surface area contributed by atoms with E-state index in [1.165, 1.54) is 16.7 Å². The van der Waals surface area contributed by atoms with Crippen LogP contribution in [0.15, 0.2) is 23.2 Å². The van der Waals surface area contributed by atoms with Crippen LogP contribution in [-0.2, 0) is 11.2 Å². The highest BCUT2D eigenvalue weighted by molar-refractivity contribution is 5.80. The van der Waals surface area contributed by atoms with Gasteiger partial charge in [0.1, 0.15) is 0 Å². The summed E-state index contributed by atoms with van der Waals surface area (Å²) >= 11 is 0. The van der Waals surface area contributed by atoms with Crippen molar-refractivity contribution in [3.05, 3.63) is 34.9 Å². The van der Waals surface area contributed by atoms with Crippen LogP contribution in [0, 0.1) is 13.8 Å². The molecule has 0 fully saturated rings. The van der Waals surface area contributed by atoms with E-state index in [0.717, 1.165) is 38.4 Å². The van der Waals surface area contributed by atoms with Crippen LogP contribution in [0.25, 0.3) is 0 Å². The number of carbonyl (C=O) groups excluding carboxylic acids is 1. The van der Waals surface area contributed by atoms with Gasteiger partial charge in [0, 0.05) is 26.1 Å². The second-order valence-corrected chi connectivity index (χ2v) is 6.03. The molecule has 0 radical (unpaired) electrons. The van der Waals surface area contributed by atoms with Crippen molar-refractivity contribution >= 4 is 11.9 Å². The first-order chi connectivity index (χ1) is 11.5. The Kier molecular flexibility index (Phi) is 9.58. The maximum atomic E-state index is 11.6. The van der Waals surface area contributed by atoms with E-state index in [4.69, 9.17) is 0 Å². The van der Waals surface area contributed by atoms with Crippen molar-refractivity contribution in [3.8, 4) is 0 Å². The highest BCUT2D eigenvalue weighted by Gasteiger charge is 2.02. The monoisotopic (exact) mass is 332 g/mol. The van der Waals surface area contributed by atoms with Crippen LogP contribution in [0.4, 0.5) is 0 Å². The molecule has 0 bridgehead atoms. The average molecular weight is 332 g/mol. The normalized spacial score (nSPS) is 11.2. The third-order valence-corrected chi connectivity index (χ3v) is 3.51. The Morgan fingerprint density at radius 1 is 1.00 bits per heavy atom. The molecule has 0 aliphatic carbocycles. The number of aryl methyl sites for hydroxylation is 2. The topological polar surface area (TPSA) is 65.5 Å². The number of hydrogen-bond donors (Lipinski definition) is 3. The summed E-state index contributed by atoms with van der Waals surface area (Å²) in [7, 11) is 0. The van der Waals surface area contributed by atoms with Crippen molar-refractivity contribution in [1.82, 2.24) is 16.0 Å². The van der Waals surface area contributed by atoms with Crippen molar-refractivity contribution < 1.29 is 4.79 Å².